The van der Waals surface area contributed by atoms with Gasteiger partial charge < -0.3 is 24.6 Å². The summed E-state index contributed by atoms with van der Waals surface area (Å²) in [6, 6.07) is 7.22. The maximum absolute atomic E-state index is 12.6. The van der Waals surface area contributed by atoms with Crippen LogP contribution in [0.2, 0.25) is 0 Å². The molecule has 2 amide bonds. The van der Waals surface area contributed by atoms with Crippen molar-refractivity contribution in [2.24, 2.45) is 5.92 Å². The number of carbonyl (C=O) groups is 2. The summed E-state index contributed by atoms with van der Waals surface area (Å²) in [5, 5.41) is 2.82. The van der Waals surface area contributed by atoms with Crippen molar-refractivity contribution in [1.29, 1.82) is 0 Å². The van der Waals surface area contributed by atoms with Crippen LogP contribution in [0.1, 0.15) is 6.42 Å². The average molecular weight is 397 g/mol. The Morgan fingerprint density at radius 1 is 1.17 bits per heavy atom. The van der Waals surface area contributed by atoms with E-state index in [1.54, 1.807) is 36.5 Å². The molecule has 0 saturated carbocycles. The Morgan fingerprint density at radius 2 is 1.86 bits per heavy atom. The topological polar surface area (TPSA) is 96.9 Å². The van der Waals surface area contributed by atoms with Crippen molar-refractivity contribution in [2.45, 2.75) is 6.42 Å². The summed E-state index contributed by atoms with van der Waals surface area (Å²) >= 11 is 0. The lowest BCUT2D eigenvalue weighted by atomic mass is 10.1. The maximum atomic E-state index is 12.6. The number of amides is 2. The molecule has 2 fully saturated rings. The average Bonchev–Trinajstić information content (AvgIpc) is 3.17. The number of morpholine rings is 1. The smallest absolute Gasteiger partial charge is 0.229 e. The summed E-state index contributed by atoms with van der Waals surface area (Å²) in [6.45, 7) is 3.14. The first-order valence-corrected chi connectivity index (χ1v) is 9.54. The number of carbonyl (C=O) groups excluding carboxylic acids is 2. The summed E-state index contributed by atoms with van der Waals surface area (Å²) < 4.78 is 10.5. The van der Waals surface area contributed by atoms with Crippen LogP contribution in [0.25, 0.3) is 0 Å². The second-order valence-corrected chi connectivity index (χ2v) is 6.96. The van der Waals surface area contributed by atoms with Crippen LogP contribution in [0.15, 0.2) is 36.7 Å². The summed E-state index contributed by atoms with van der Waals surface area (Å²) in [5.41, 5.74) is 1.27. The highest BCUT2D eigenvalue weighted by atomic mass is 16.5. The molecular formula is C20H23N5O4. The number of rotatable bonds is 5. The standard InChI is InChI=1S/C20H23N5O4/c1-28-17-4-2-16(3-5-17)25-13-14(10-18(25)26)19(27)23-15-11-21-20(22-12-15)24-6-8-29-9-7-24/h2-5,11-12,14H,6-10,13H2,1H3,(H,23,27). The van der Waals surface area contributed by atoms with Gasteiger partial charge in [-0.15, -0.1) is 0 Å². The first kappa shape index (κ1) is 19.1. The van der Waals surface area contributed by atoms with E-state index in [0.717, 1.165) is 24.5 Å². The minimum absolute atomic E-state index is 0.0748. The Balaban J connectivity index is 1.36. The number of methoxy groups -OCH3 is 1. The van der Waals surface area contributed by atoms with E-state index in [2.05, 4.69) is 15.3 Å². The van der Waals surface area contributed by atoms with Crippen LogP contribution < -0.4 is 19.9 Å². The van der Waals surface area contributed by atoms with Gasteiger partial charge in [-0.3, -0.25) is 9.59 Å². The van der Waals surface area contributed by atoms with Gasteiger partial charge in [0.25, 0.3) is 0 Å². The molecule has 1 unspecified atom stereocenters. The molecule has 3 heterocycles. The molecule has 152 valence electrons. The van der Waals surface area contributed by atoms with Gasteiger partial charge in [0.15, 0.2) is 0 Å². The molecule has 2 aromatic rings. The molecule has 4 rings (SSSR count). The van der Waals surface area contributed by atoms with Gasteiger partial charge in [-0.2, -0.15) is 0 Å². The fourth-order valence-corrected chi connectivity index (χ4v) is 3.45. The van der Waals surface area contributed by atoms with E-state index in [9.17, 15) is 9.59 Å². The normalized spacial score (nSPS) is 19.3. The van der Waals surface area contributed by atoms with Crippen LogP contribution in [0, 0.1) is 5.92 Å². The summed E-state index contributed by atoms with van der Waals surface area (Å²) in [6.07, 6.45) is 3.35. The lowest BCUT2D eigenvalue weighted by Gasteiger charge is -2.26. The molecule has 0 aliphatic carbocycles. The van der Waals surface area contributed by atoms with Crippen molar-refractivity contribution >= 4 is 29.1 Å². The van der Waals surface area contributed by atoms with E-state index in [4.69, 9.17) is 9.47 Å². The second kappa shape index (κ2) is 8.44. The van der Waals surface area contributed by atoms with Gasteiger partial charge in [0, 0.05) is 31.7 Å². The zero-order chi connectivity index (χ0) is 20.2. The van der Waals surface area contributed by atoms with Crippen molar-refractivity contribution in [2.75, 3.05) is 55.1 Å². The van der Waals surface area contributed by atoms with Crippen LogP contribution >= 0.6 is 0 Å². The maximum Gasteiger partial charge on any atom is 0.229 e. The van der Waals surface area contributed by atoms with Crippen LogP contribution in [-0.2, 0) is 14.3 Å². The van der Waals surface area contributed by atoms with E-state index in [0.29, 0.717) is 31.4 Å². The molecule has 1 N–H and O–H groups in total. The van der Waals surface area contributed by atoms with Crippen molar-refractivity contribution in [3.63, 3.8) is 0 Å². The Bertz CT molecular complexity index is 865. The molecule has 9 nitrogen and oxygen atoms in total. The first-order chi connectivity index (χ1) is 14.1. The molecule has 9 heteroatoms. The molecule has 0 radical (unpaired) electrons. The molecule has 1 aromatic carbocycles. The third kappa shape index (κ3) is 4.29. The number of aromatic nitrogens is 2. The van der Waals surface area contributed by atoms with E-state index in [1.807, 2.05) is 17.0 Å². The zero-order valence-electron chi connectivity index (χ0n) is 16.2. The predicted molar refractivity (Wildman–Crippen MR) is 107 cm³/mol. The van der Waals surface area contributed by atoms with Crippen molar-refractivity contribution in [3.8, 4) is 5.75 Å². The second-order valence-electron chi connectivity index (χ2n) is 6.96. The molecule has 2 aliphatic heterocycles. The molecule has 1 aromatic heterocycles. The summed E-state index contributed by atoms with van der Waals surface area (Å²) in [4.78, 5) is 37.4. The number of ether oxygens (including phenoxy) is 2. The van der Waals surface area contributed by atoms with E-state index >= 15 is 0 Å². The van der Waals surface area contributed by atoms with E-state index in [-0.39, 0.29) is 18.2 Å². The first-order valence-electron chi connectivity index (χ1n) is 9.54. The third-order valence-electron chi connectivity index (χ3n) is 5.08. The predicted octanol–water partition coefficient (Wildman–Crippen LogP) is 1.31. The van der Waals surface area contributed by atoms with Gasteiger partial charge in [0.2, 0.25) is 17.8 Å². The zero-order valence-corrected chi connectivity index (χ0v) is 16.2. The van der Waals surface area contributed by atoms with E-state index in [1.165, 1.54) is 0 Å². The van der Waals surface area contributed by atoms with Crippen LogP contribution in [0.5, 0.6) is 5.75 Å². The fraction of sp³-hybridized carbons (Fsp3) is 0.400. The molecule has 2 aliphatic rings. The third-order valence-corrected chi connectivity index (χ3v) is 5.08. The highest BCUT2D eigenvalue weighted by molar-refractivity contribution is 6.03. The number of anilines is 3. The Labute approximate surface area is 168 Å². The lowest BCUT2D eigenvalue weighted by molar-refractivity contribution is -0.122. The quantitative estimate of drug-likeness (QED) is 0.813. The molecule has 2 saturated heterocycles. The van der Waals surface area contributed by atoms with Gasteiger partial charge in [-0.25, -0.2) is 9.97 Å². The number of hydrogen-bond acceptors (Lipinski definition) is 7. The van der Waals surface area contributed by atoms with Crippen LogP contribution in [0.3, 0.4) is 0 Å². The number of hydrogen-bond donors (Lipinski definition) is 1. The molecule has 0 bridgehead atoms. The fourth-order valence-electron chi connectivity index (χ4n) is 3.45. The van der Waals surface area contributed by atoms with Crippen molar-refractivity contribution in [3.05, 3.63) is 36.7 Å². The molecular weight excluding hydrogens is 374 g/mol. The largest absolute Gasteiger partial charge is 0.497 e. The SMILES string of the molecule is COc1ccc(N2CC(C(=O)Nc3cnc(N4CCOCC4)nc3)CC2=O)cc1. The van der Waals surface area contributed by atoms with Gasteiger partial charge in [0.05, 0.1) is 44.3 Å². The monoisotopic (exact) mass is 397 g/mol. The lowest BCUT2D eigenvalue weighted by Crippen LogP contribution is -2.37. The molecule has 29 heavy (non-hydrogen) atoms. The minimum atomic E-state index is -0.427. The number of nitrogens with one attached hydrogen (secondary N) is 1. The summed E-state index contributed by atoms with van der Waals surface area (Å²) in [5.74, 6) is 0.623. The van der Waals surface area contributed by atoms with Crippen molar-refractivity contribution < 1.29 is 19.1 Å². The molecule has 1 atom stereocenters. The Morgan fingerprint density at radius 3 is 2.52 bits per heavy atom. The van der Waals surface area contributed by atoms with Gasteiger partial charge in [0.1, 0.15) is 5.75 Å². The van der Waals surface area contributed by atoms with Gasteiger partial charge in [-0.05, 0) is 24.3 Å². The van der Waals surface area contributed by atoms with Gasteiger partial charge >= 0.3 is 0 Å². The van der Waals surface area contributed by atoms with Crippen LogP contribution in [-0.4, -0.2) is 61.7 Å². The highest BCUT2D eigenvalue weighted by Crippen LogP contribution is 2.27. The Hall–Kier alpha value is -3.20. The minimum Gasteiger partial charge on any atom is -0.497 e. The van der Waals surface area contributed by atoms with E-state index < -0.39 is 5.92 Å². The number of nitrogens with zero attached hydrogens (tertiary/aromatic N) is 4. The Kier molecular flexibility index (Phi) is 5.57. The highest BCUT2D eigenvalue weighted by Gasteiger charge is 2.35. The summed E-state index contributed by atoms with van der Waals surface area (Å²) in [7, 11) is 1.59. The molecule has 0 spiro atoms. The number of benzene rings is 1. The van der Waals surface area contributed by atoms with Gasteiger partial charge in [-0.1, -0.05) is 0 Å². The van der Waals surface area contributed by atoms with Crippen LogP contribution in [0.4, 0.5) is 17.3 Å². The van der Waals surface area contributed by atoms with Crippen molar-refractivity contribution in [1.82, 2.24) is 9.97 Å².